The number of unbranched alkanes of at least 4 members (excludes halogenated alkanes) is 8. The first-order valence-corrected chi connectivity index (χ1v) is 16.4. The summed E-state index contributed by atoms with van der Waals surface area (Å²) in [4.78, 5) is 0. The normalized spacial score (nSPS) is 33.6. The smallest absolute Gasteiger partial charge is 0.244 e. The van der Waals surface area contributed by atoms with Crippen molar-refractivity contribution in [1.29, 1.82) is 0 Å². The summed E-state index contributed by atoms with van der Waals surface area (Å²) in [7, 11) is 0. The molecule has 0 bridgehead atoms. The van der Waals surface area contributed by atoms with E-state index in [-0.39, 0.29) is 30.1 Å². The predicted molar refractivity (Wildman–Crippen MR) is 154 cm³/mol. The van der Waals surface area contributed by atoms with Crippen molar-refractivity contribution in [2.24, 2.45) is 23.2 Å². The second-order valence-corrected chi connectivity index (χ2v) is 13.9. The van der Waals surface area contributed by atoms with Gasteiger partial charge in [0.25, 0.3) is 0 Å². The van der Waals surface area contributed by atoms with Crippen LogP contribution in [-0.2, 0) is 24.9 Å². The fraction of sp³-hybridized carbons (Fsp3) is 0.853. The number of imidazole rings is 1. The minimum absolute atomic E-state index is 0. The van der Waals surface area contributed by atoms with E-state index in [0.717, 1.165) is 30.6 Å². The van der Waals surface area contributed by atoms with Crippen LogP contribution in [0.25, 0.3) is 0 Å². The van der Waals surface area contributed by atoms with Crippen LogP contribution in [0, 0.1) is 23.2 Å². The lowest BCUT2D eigenvalue weighted by Crippen LogP contribution is -3.00. The van der Waals surface area contributed by atoms with Gasteiger partial charge in [-0.3, -0.25) is 0 Å². The molecule has 4 heteroatoms. The Balaban J connectivity index is 0.00000336. The molecule has 4 aliphatic carbocycles. The van der Waals surface area contributed by atoms with Crippen LogP contribution in [0.5, 0.6) is 0 Å². The quantitative estimate of drug-likeness (QED) is 0.148. The predicted octanol–water partition coefficient (Wildman–Crippen LogP) is 5.06. The number of fused-ring (bicyclic) bond motifs is 7. The Kier molecular flexibility index (Phi) is 10.5. The lowest BCUT2D eigenvalue weighted by molar-refractivity contribution is -0.707. The SMILES string of the molecule is CCCCCCCn1c[n+](CCCCCCC)c2c1C[C@H]1[C@@H]3CC=C4C[C@@H](O)CC[C@]4(C)[C@H]3CC[C@]21C.[I-]. The summed E-state index contributed by atoms with van der Waals surface area (Å²) in [5, 5.41) is 10.4. The number of aliphatic hydroxyl groups excluding tert-OH is 1. The van der Waals surface area contributed by atoms with Crippen LogP contribution in [0.2, 0.25) is 0 Å². The van der Waals surface area contributed by atoms with Crippen molar-refractivity contribution in [1.82, 2.24) is 4.57 Å². The highest BCUT2D eigenvalue weighted by molar-refractivity contribution is 5.33. The van der Waals surface area contributed by atoms with E-state index in [1.165, 1.54) is 109 Å². The van der Waals surface area contributed by atoms with Gasteiger partial charge in [-0.2, -0.15) is 0 Å². The second kappa shape index (κ2) is 13.1. The number of hydrogen-bond donors (Lipinski definition) is 1. The standard InChI is InChI=1S/C34H57N2O.HI/c1-5-7-9-11-13-21-35-25-36(22-14-12-10-8-6-2)32-31(35)24-30-28-16-15-26-23-27(37)17-19-33(26,3)29(28)18-20-34(30,32)4;/h15,25,27-30,37H,5-14,16-24H2,1-4H3;1H/q+1;/p-1/t27-,28+,29-,30-,33-,34-;/m0./s1. The van der Waals surface area contributed by atoms with Crippen LogP contribution in [-0.4, -0.2) is 15.8 Å². The molecule has 0 aromatic carbocycles. The van der Waals surface area contributed by atoms with Gasteiger partial charge in [-0.05, 0) is 87.4 Å². The number of aliphatic hydroxyl groups is 1. The van der Waals surface area contributed by atoms with Crippen LogP contribution >= 0.6 is 0 Å². The average molecular weight is 637 g/mol. The van der Waals surface area contributed by atoms with E-state index in [1.807, 2.05) is 0 Å². The third kappa shape index (κ3) is 5.70. The molecule has 0 spiro atoms. The molecule has 1 heterocycles. The maximum absolute atomic E-state index is 10.4. The van der Waals surface area contributed by atoms with E-state index in [4.69, 9.17) is 0 Å². The van der Waals surface area contributed by atoms with Crippen LogP contribution in [0.15, 0.2) is 18.0 Å². The largest absolute Gasteiger partial charge is 1.00 e. The molecule has 1 aromatic rings. The van der Waals surface area contributed by atoms with Gasteiger partial charge in [0.1, 0.15) is 5.69 Å². The summed E-state index contributed by atoms with van der Waals surface area (Å²) < 4.78 is 5.46. The van der Waals surface area contributed by atoms with Gasteiger partial charge < -0.3 is 29.1 Å². The molecule has 0 radical (unpaired) electrons. The van der Waals surface area contributed by atoms with Crippen molar-refractivity contribution >= 4 is 0 Å². The molecule has 4 aliphatic rings. The fourth-order valence-corrected chi connectivity index (χ4v) is 9.44. The number of aromatic nitrogens is 2. The molecule has 3 nitrogen and oxygen atoms in total. The van der Waals surface area contributed by atoms with Crippen molar-refractivity contribution in [3.63, 3.8) is 0 Å². The van der Waals surface area contributed by atoms with Crippen LogP contribution in [0.3, 0.4) is 0 Å². The zero-order valence-electron chi connectivity index (χ0n) is 25.1. The molecule has 6 atom stereocenters. The van der Waals surface area contributed by atoms with Crippen molar-refractivity contribution < 1.29 is 33.7 Å². The van der Waals surface area contributed by atoms with Gasteiger partial charge in [0.2, 0.25) is 6.33 Å². The molecule has 1 aromatic heterocycles. The zero-order valence-corrected chi connectivity index (χ0v) is 27.3. The summed E-state index contributed by atoms with van der Waals surface area (Å²) in [5.74, 6) is 2.41. The molecule has 216 valence electrons. The minimum atomic E-state index is -0.103. The molecule has 2 saturated carbocycles. The maximum Gasteiger partial charge on any atom is 0.244 e. The van der Waals surface area contributed by atoms with E-state index in [1.54, 1.807) is 17.0 Å². The van der Waals surface area contributed by atoms with Crippen LogP contribution < -0.4 is 28.5 Å². The van der Waals surface area contributed by atoms with Gasteiger partial charge in [0.05, 0.1) is 19.2 Å². The summed E-state index contributed by atoms with van der Waals surface area (Å²) in [5.41, 5.74) is 5.71. The minimum Gasteiger partial charge on any atom is -1.00 e. The molecule has 1 N–H and O–H groups in total. The Morgan fingerprint density at radius 2 is 1.55 bits per heavy atom. The van der Waals surface area contributed by atoms with Crippen molar-refractivity contribution in [3.05, 3.63) is 29.4 Å². The number of allylic oxidation sites excluding steroid dienone is 1. The van der Waals surface area contributed by atoms with Crippen molar-refractivity contribution in [3.8, 4) is 0 Å². The molecular weight excluding hydrogens is 579 g/mol. The number of aryl methyl sites for hydroxylation is 2. The first kappa shape index (κ1) is 30.6. The Hall–Kier alpha value is -0.360. The van der Waals surface area contributed by atoms with E-state index in [0.29, 0.717) is 10.8 Å². The molecule has 0 saturated heterocycles. The average Bonchev–Trinajstić information content (AvgIpc) is 3.39. The molecule has 2 fully saturated rings. The summed E-state index contributed by atoms with van der Waals surface area (Å²) in [6.45, 7) is 12.3. The molecule has 38 heavy (non-hydrogen) atoms. The zero-order chi connectivity index (χ0) is 26.0. The molecule has 0 amide bonds. The number of halogens is 1. The van der Waals surface area contributed by atoms with Crippen LogP contribution in [0.4, 0.5) is 0 Å². The van der Waals surface area contributed by atoms with Gasteiger partial charge in [0.15, 0.2) is 5.69 Å². The number of hydrogen-bond acceptors (Lipinski definition) is 1. The highest BCUT2D eigenvalue weighted by Crippen LogP contribution is 2.63. The Morgan fingerprint density at radius 1 is 0.868 bits per heavy atom. The van der Waals surface area contributed by atoms with Crippen LogP contribution in [0.1, 0.15) is 142 Å². The Labute approximate surface area is 251 Å². The lowest BCUT2D eigenvalue weighted by Gasteiger charge is -2.56. The second-order valence-electron chi connectivity index (χ2n) is 13.9. The Bertz CT molecular complexity index is 953. The molecule has 0 aliphatic heterocycles. The number of rotatable bonds is 12. The maximum atomic E-state index is 10.4. The van der Waals surface area contributed by atoms with Gasteiger partial charge in [-0.1, -0.05) is 77.9 Å². The molecule has 5 rings (SSSR count). The third-order valence-electron chi connectivity index (χ3n) is 11.6. The monoisotopic (exact) mass is 636 g/mol. The van der Waals surface area contributed by atoms with Crippen molar-refractivity contribution in [2.45, 2.75) is 161 Å². The van der Waals surface area contributed by atoms with E-state index >= 15 is 0 Å². The van der Waals surface area contributed by atoms with Gasteiger partial charge >= 0.3 is 0 Å². The van der Waals surface area contributed by atoms with Gasteiger partial charge in [-0.15, -0.1) is 0 Å². The topological polar surface area (TPSA) is 29.0 Å². The number of nitrogens with zero attached hydrogens (tertiary/aromatic N) is 2. The Morgan fingerprint density at radius 3 is 2.29 bits per heavy atom. The molecular formula is C34H57IN2O. The summed E-state index contributed by atoms with van der Waals surface area (Å²) in [6, 6.07) is 0. The first-order chi connectivity index (χ1) is 17.9. The molecule has 0 unspecified atom stereocenters. The van der Waals surface area contributed by atoms with Gasteiger partial charge in [-0.25, -0.2) is 9.13 Å². The van der Waals surface area contributed by atoms with Crippen molar-refractivity contribution in [2.75, 3.05) is 0 Å². The highest BCUT2D eigenvalue weighted by Gasteiger charge is 2.60. The highest BCUT2D eigenvalue weighted by atomic mass is 127. The third-order valence-corrected chi connectivity index (χ3v) is 11.6. The van der Waals surface area contributed by atoms with E-state index in [2.05, 4.69) is 49.2 Å². The fourth-order valence-electron chi connectivity index (χ4n) is 9.44. The van der Waals surface area contributed by atoms with E-state index in [9.17, 15) is 5.11 Å². The first-order valence-electron chi connectivity index (χ1n) is 16.4. The van der Waals surface area contributed by atoms with E-state index < -0.39 is 0 Å². The lowest BCUT2D eigenvalue weighted by atomic mass is 9.48. The summed E-state index contributed by atoms with van der Waals surface area (Å²) in [6.07, 6.45) is 27.1. The van der Waals surface area contributed by atoms with Gasteiger partial charge in [0, 0.05) is 11.8 Å². The summed E-state index contributed by atoms with van der Waals surface area (Å²) >= 11 is 0.